The Morgan fingerprint density at radius 3 is 2.43 bits per heavy atom. The van der Waals surface area contributed by atoms with Crippen molar-refractivity contribution in [3.63, 3.8) is 0 Å². The van der Waals surface area contributed by atoms with Crippen LogP contribution < -0.4 is 0 Å². The minimum absolute atomic E-state index is 0.166. The lowest BCUT2D eigenvalue weighted by Gasteiger charge is -2.27. The Labute approximate surface area is 78.1 Å². The summed E-state index contributed by atoms with van der Waals surface area (Å²) in [5.74, 6) is -5.62. The zero-order valence-corrected chi connectivity index (χ0v) is 7.46. The van der Waals surface area contributed by atoms with Gasteiger partial charge in [-0.05, 0) is 12.5 Å². The summed E-state index contributed by atoms with van der Waals surface area (Å²) in [6, 6.07) is 0. The van der Waals surface area contributed by atoms with Crippen LogP contribution in [-0.4, -0.2) is 11.8 Å². The minimum atomic E-state index is -2.77. The first-order chi connectivity index (χ1) is 6.42. The standard InChI is InChI=1S/C9H9F5/c1-2-3-9(14)4-5(10)6(11)7(12)8(9)13/h4,8H,2-3H2,1H3. The topological polar surface area (TPSA) is 0 Å². The smallest absolute Gasteiger partial charge is 0.193 e. The molecular formula is C9H9F5. The van der Waals surface area contributed by atoms with Crippen molar-refractivity contribution < 1.29 is 22.0 Å². The summed E-state index contributed by atoms with van der Waals surface area (Å²) >= 11 is 0. The quantitative estimate of drug-likeness (QED) is 0.610. The highest BCUT2D eigenvalue weighted by Gasteiger charge is 2.46. The monoisotopic (exact) mass is 212 g/mol. The Bertz CT molecular complexity index is 294. The molecule has 2 atom stereocenters. The van der Waals surface area contributed by atoms with E-state index in [2.05, 4.69) is 0 Å². The van der Waals surface area contributed by atoms with Crippen molar-refractivity contribution in [1.82, 2.24) is 0 Å². The maximum atomic E-state index is 13.5. The van der Waals surface area contributed by atoms with Gasteiger partial charge < -0.3 is 0 Å². The average Bonchev–Trinajstić information content (AvgIpc) is 2.12. The Morgan fingerprint density at radius 1 is 1.36 bits per heavy atom. The van der Waals surface area contributed by atoms with Gasteiger partial charge in [0.15, 0.2) is 29.3 Å². The van der Waals surface area contributed by atoms with E-state index in [-0.39, 0.29) is 18.9 Å². The predicted octanol–water partition coefficient (Wildman–Crippen LogP) is 3.85. The van der Waals surface area contributed by atoms with Crippen molar-refractivity contribution in [3.05, 3.63) is 23.6 Å². The zero-order valence-electron chi connectivity index (χ0n) is 7.46. The summed E-state index contributed by atoms with van der Waals surface area (Å²) in [4.78, 5) is 0. The molecule has 0 bridgehead atoms. The molecule has 0 spiro atoms. The van der Waals surface area contributed by atoms with Crippen molar-refractivity contribution in [2.75, 3.05) is 0 Å². The molecule has 14 heavy (non-hydrogen) atoms. The van der Waals surface area contributed by atoms with E-state index in [1.54, 1.807) is 0 Å². The van der Waals surface area contributed by atoms with Gasteiger partial charge in [0, 0.05) is 0 Å². The summed E-state index contributed by atoms with van der Waals surface area (Å²) in [6.45, 7) is 1.53. The summed E-state index contributed by atoms with van der Waals surface area (Å²) in [6.07, 6.45) is -2.76. The molecule has 1 rings (SSSR count). The largest absolute Gasteiger partial charge is 0.236 e. The minimum Gasteiger partial charge on any atom is -0.236 e. The van der Waals surface area contributed by atoms with Gasteiger partial charge >= 0.3 is 0 Å². The van der Waals surface area contributed by atoms with Crippen LogP contribution in [0.2, 0.25) is 0 Å². The van der Waals surface area contributed by atoms with Crippen molar-refractivity contribution >= 4 is 0 Å². The Balaban J connectivity index is 3.06. The van der Waals surface area contributed by atoms with E-state index < -0.39 is 29.3 Å². The number of halogens is 5. The van der Waals surface area contributed by atoms with E-state index in [4.69, 9.17) is 0 Å². The molecule has 0 saturated heterocycles. The fourth-order valence-corrected chi connectivity index (χ4v) is 1.37. The van der Waals surface area contributed by atoms with Crippen LogP contribution in [0.25, 0.3) is 0 Å². The third kappa shape index (κ3) is 1.67. The average molecular weight is 212 g/mol. The lowest BCUT2D eigenvalue weighted by Crippen LogP contribution is -2.36. The van der Waals surface area contributed by atoms with E-state index in [1.807, 2.05) is 0 Å². The van der Waals surface area contributed by atoms with E-state index in [1.165, 1.54) is 6.92 Å². The molecule has 0 amide bonds. The second-order valence-corrected chi connectivity index (χ2v) is 3.19. The third-order valence-electron chi connectivity index (χ3n) is 2.06. The van der Waals surface area contributed by atoms with Crippen molar-refractivity contribution in [3.8, 4) is 0 Å². The zero-order chi connectivity index (χ0) is 10.9. The Kier molecular flexibility index (Phi) is 2.97. The molecule has 5 heteroatoms. The molecule has 80 valence electrons. The predicted molar refractivity (Wildman–Crippen MR) is 42.1 cm³/mol. The third-order valence-corrected chi connectivity index (χ3v) is 2.06. The maximum Gasteiger partial charge on any atom is 0.193 e. The summed E-state index contributed by atoms with van der Waals surface area (Å²) < 4.78 is 64.2. The van der Waals surface area contributed by atoms with Crippen LogP contribution in [0.5, 0.6) is 0 Å². The molecule has 0 aromatic rings. The van der Waals surface area contributed by atoms with Gasteiger partial charge in [-0.15, -0.1) is 0 Å². The van der Waals surface area contributed by atoms with Crippen LogP contribution in [0.3, 0.4) is 0 Å². The normalized spacial score (nSPS) is 33.3. The first kappa shape index (κ1) is 11.2. The fraction of sp³-hybridized carbons (Fsp3) is 0.556. The van der Waals surface area contributed by atoms with Crippen LogP contribution in [-0.2, 0) is 0 Å². The molecule has 1 aliphatic carbocycles. The first-order valence-corrected chi connectivity index (χ1v) is 4.19. The first-order valence-electron chi connectivity index (χ1n) is 4.19. The number of alkyl halides is 2. The van der Waals surface area contributed by atoms with Crippen molar-refractivity contribution in [2.24, 2.45) is 0 Å². The van der Waals surface area contributed by atoms with Gasteiger partial charge in [-0.25, -0.2) is 22.0 Å². The molecule has 1 aliphatic rings. The molecule has 0 aliphatic heterocycles. The van der Waals surface area contributed by atoms with Gasteiger partial charge in [-0.3, -0.25) is 0 Å². The van der Waals surface area contributed by atoms with E-state index >= 15 is 0 Å². The number of allylic oxidation sites excluding steroid dienone is 4. The van der Waals surface area contributed by atoms with Gasteiger partial charge in [0.2, 0.25) is 0 Å². The second-order valence-electron chi connectivity index (χ2n) is 3.19. The second kappa shape index (κ2) is 3.71. The fourth-order valence-electron chi connectivity index (χ4n) is 1.37. The molecule has 0 fully saturated rings. The SMILES string of the molecule is CCCC1(F)C=C(F)C(F)=C(F)C1F. The van der Waals surface area contributed by atoms with E-state index in [0.717, 1.165) is 0 Å². The van der Waals surface area contributed by atoms with Crippen LogP contribution in [0.15, 0.2) is 23.6 Å². The molecule has 0 heterocycles. The lowest BCUT2D eigenvalue weighted by atomic mass is 9.89. The Morgan fingerprint density at radius 2 is 1.93 bits per heavy atom. The molecule has 0 radical (unpaired) electrons. The van der Waals surface area contributed by atoms with Gasteiger partial charge in [-0.2, -0.15) is 0 Å². The van der Waals surface area contributed by atoms with Gasteiger partial charge in [0.1, 0.15) is 0 Å². The molecule has 0 saturated carbocycles. The van der Waals surface area contributed by atoms with Crippen molar-refractivity contribution in [2.45, 2.75) is 31.6 Å². The highest BCUT2D eigenvalue weighted by atomic mass is 19.2. The van der Waals surface area contributed by atoms with Crippen LogP contribution >= 0.6 is 0 Å². The van der Waals surface area contributed by atoms with Crippen LogP contribution in [0.4, 0.5) is 22.0 Å². The van der Waals surface area contributed by atoms with Crippen LogP contribution in [0.1, 0.15) is 19.8 Å². The molecule has 0 aromatic heterocycles. The lowest BCUT2D eigenvalue weighted by molar-refractivity contribution is 0.0827. The summed E-state index contributed by atoms with van der Waals surface area (Å²) in [7, 11) is 0. The molecule has 2 unspecified atom stereocenters. The molecule has 0 nitrogen and oxygen atoms in total. The Hall–Kier alpha value is -0.870. The van der Waals surface area contributed by atoms with Crippen LogP contribution in [0, 0.1) is 0 Å². The number of rotatable bonds is 2. The van der Waals surface area contributed by atoms with E-state index in [9.17, 15) is 22.0 Å². The highest BCUT2D eigenvalue weighted by molar-refractivity contribution is 5.35. The highest BCUT2D eigenvalue weighted by Crippen LogP contribution is 2.40. The summed E-state index contributed by atoms with van der Waals surface area (Å²) in [5, 5.41) is 0. The van der Waals surface area contributed by atoms with Crippen molar-refractivity contribution in [1.29, 1.82) is 0 Å². The van der Waals surface area contributed by atoms with Gasteiger partial charge in [-0.1, -0.05) is 13.3 Å². The maximum absolute atomic E-state index is 13.5. The number of hydrogen-bond donors (Lipinski definition) is 0. The molecular weight excluding hydrogens is 203 g/mol. The molecule has 0 N–H and O–H groups in total. The number of hydrogen-bond acceptors (Lipinski definition) is 0. The van der Waals surface area contributed by atoms with Gasteiger partial charge in [0.05, 0.1) is 0 Å². The van der Waals surface area contributed by atoms with Gasteiger partial charge in [0.25, 0.3) is 0 Å². The molecule has 0 aromatic carbocycles. The summed E-state index contributed by atoms with van der Waals surface area (Å²) in [5.41, 5.74) is -2.77. The van der Waals surface area contributed by atoms with E-state index in [0.29, 0.717) is 0 Å².